The highest BCUT2D eigenvalue weighted by molar-refractivity contribution is 6.30. The zero-order valence-corrected chi connectivity index (χ0v) is 19.0. The van der Waals surface area contributed by atoms with E-state index in [0.717, 1.165) is 24.3 Å². The van der Waals surface area contributed by atoms with Gasteiger partial charge < -0.3 is 15.4 Å². The van der Waals surface area contributed by atoms with Crippen molar-refractivity contribution in [3.8, 4) is 11.8 Å². The first-order valence-corrected chi connectivity index (χ1v) is 10.5. The van der Waals surface area contributed by atoms with Crippen molar-refractivity contribution < 1.29 is 31.9 Å². The summed E-state index contributed by atoms with van der Waals surface area (Å²) in [7, 11) is 0. The Bertz CT molecular complexity index is 1370. The van der Waals surface area contributed by atoms with Crippen LogP contribution < -0.4 is 15.4 Å². The molecule has 0 atom stereocenters. The Labute approximate surface area is 207 Å². The van der Waals surface area contributed by atoms with Crippen LogP contribution in [0.15, 0.2) is 72.3 Å². The molecule has 0 spiro atoms. The maximum Gasteiger partial charge on any atom is 0.416 e. The van der Waals surface area contributed by atoms with Gasteiger partial charge in [-0.2, -0.15) is 18.4 Å². The number of hydrogen-bond donors (Lipinski definition) is 2. The number of para-hydroxylation sites is 1. The second kappa shape index (κ2) is 11.4. The van der Waals surface area contributed by atoms with E-state index in [4.69, 9.17) is 16.3 Å². The fourth-order valence-electron chi connectivity index (χ4n) is 2.93. The normalized spacial score (nSPS) is 11.4. The number of nitrogens with one attached hydrogen (secondary N) is 2. The van der Waals surface area contributed by atoms with Crippen LogP contribution in [0.25, 0.3) is 6.08 Å². The molecule has 0 aliphatic rings. The van der Waals surface area contributed by atoms with Crippen molar-refractivity contribution in [1.82, 2.24) is 0 Å². The lowest BCUT2D eigenvalue weighted by Gasteiger charge is -2.12. The monoisotopic (exact) mass is 517 g/mol. The van der Waals surface area contributed by atoms with Crippen molar-refractivity contribution in [2.24, 2.45) is 0 Å². The number of carbonyl (C=O) groups is 2. The van der Waals surface area contributed by atoms with Gasteiger partial charge in [0.05, 0.1) is 11.3 Å². The molecule has 2 N–H and O–H groups in total. The predicted octanol–water partition coefficient (Wildman–Crippen LogP) is 6.06. The lowest BCUT2D eigenvalue weighted by atomic mass is 10.1. The second-order valence-electron chi connectivity index (χ2n) is 7.20. The molecule has 0 saturated carbocycles. The number of carbonyl (C=O) groups excluding carboxylic acids is 2. The summed E-state index contributed by atoms with van der Waals surface area (Å²) in [6.45, 7) is -0.533. The molecule has 6 nitrogen and oxygen atoms in total. The highest BCUT2D eigenvalue weighted by Crippen LogP contribution is 2.31. The molecule has 11 heteroatoms. The molecule has 184 valence electrons. The number of alkyl halides is 3. The van der Waals surface area contributed by atoms with E-state index in [1.165, 1.54) is 48.5 Å². The van der Waals surface area contributed by atoms with Gasteiger partial charge in [-0.05, 0) is 54.6 Å². The number of rotatable bonds is 7. The third-order valence-corrected chi connectivity index (χ3v) is 4.83. The molecule has 0 saturated heterocycles. The lowest BCUT2D eigenvalue weighted by molar-refractivity contribution is -0.137. The van der Waals surface area contributed by atoms with Crippen molar-refractivity contribution in [1.29, 1.82) is 5.26 Å². The van der Waals surface area contributed by atoms with Crippen molar-refractivity contribution in [2.45, 2.75) is 6.18 Å². The third kappa shape index (κ3) is 7.07. The minimum absolute atomic E-state index is 0.0413. The van der Waals surface area contributed by atoms with Gasteiger partial charge in [0.2, 0.25) is 0 Å². The summed E-state index contributed by atoms with van der Waals surface area (Å²) in [5, 5.41) is 14.3. The van der Waals surface area contributed by atoms with E-state index in [9.17, 15) is 32.4 Å². The van der Waals surface area contributed by atoms with Crippen molar-refractivity contribution in [3.63, 3.8) is 0 Å². The summed E-state index contributed by atoms with van der Waals surface area (Å²) in [5.74, 6) is -2.21. The van der Waals surface area contributed by atoms with E-state index in [-0.39, 0.29) is 27.7 Å². The minimum atomic E-state index is -4.61. The van der Waals surface area contributed by atoms with Gasteiger partial charge in [-0.25, -0.2) is 4.39 Å². The van der Waals surface area contributed by atoms with Crippen LogP contribution in [0, 0.1) is 17.1 Å². The number of nitrogens with zero attached hydrogens (tertiary/aromatic N) is 1. The van der Waals surface area contributed by atoms with Crippen LogP contribution in [0.2, 0.25) is 5.02 Å². The van der Waals surface area contributed by atoms with Gasteiger partial charge in [0.1, 0.15) is 23.2 Å². The van der Waals surface area contributed by atoms with E-state index < -0.39 is 41.6 Å². The third-order valence-electron chi connectivity index (χ3n) is 4.59. The quantitative estimate of drug-likeness (QED) is 0.226. The number of hydrogen-bond acceptors (Lipinski definition) is 4. The largest absolute Gasteiger partial charge is 0.483 e. The van der Waals surface area contributed by atoms with Crippen LogP contribution in [0.5, 0.6) is 5.75 Å². The highest BCUT2D eigenvalue weighted by atomic mass is 35.5. The molecular weight excluding hydrogens is 502 g/mol. The Morgan fingerprint density at radius 2 is 1.78 bits per heavy atom. The van der Waals surface area contributed by atoms with E-state index in [1.807, 2.05) is 0 Å². The summed E-state index contributed by atoms with van der Waals surface area (Å²) in [4.78, 5) is 24.7. The van der Waals surface area contributed by atoms with Gasteiger partial charge in [0.15, 0.2) is 6.61 Å². The first-order chi connectivity index (χ1) is 17.1. The van der Waals surface area contributed by atoms with Crippen LogP contribution >= 0.6 is 11.6 Å². The minimum Gasteiger partial charge on any atom is -0.483 e. The molecule has 0 unspecified atom stereocenters. The fraction of sp³-hybridized carbons (Fsp3) is 0.0800. The summed E-state index contributed by atoms with van der Waals surface area (Å²) in [6, 6.07) is 15.3. The van der Waals surface area contributed by atoms with Crippen LogP contribution in [-0.2, 0) is 15.8 Å². The molecule has 0 aliphatic heterocycles. The maximum atomic E-state index is 13.7. The standard InChI is InChI=1S/C25H16ClF4N3O3/c26-18-8-9-22(36-14-23(34)33-21-7-2-1-6-20(21)27)15(11-18)10-16(13-31)24(35)32-19-5-3-4-17(12-19)25(28,29)30/h1-12H,14H2,(H,32,35)(H,33,34)/b16-10+. The highest BCUT2D eigenvalue weighted by Gasteiger charge is 2.30. The van der Waals surface area contributed by atoms with Crippen LogP contribution in [-0.4, -0.2) is 18.4 Å². The molecule has 3 rings (SSSR count). The molecule has 0 aliphatic carbocycles. The molecule has 36 heavy (non-hydrogen) atoms. The molecule has 0 fully saturated rings. The Morgan fingerprint density at radius 1 is 1.03 bits per heavy atom. The number of amides is 2. The van der Waals surface area contributed by atoms with Crippen molar-refractivity contribution in [2.75, 3.05) is 17.2 Å². The summed E-state index contributed by atoms with van der Waals surface area (Å²) >= 11 is 6.00. The molecule has 0 radical (unpaired) electrons. The molecule has 3 aromatic rings. The Balaban J connectivity index is 1.77. The van der Waals surface area contributed by atoms with E-state index in [1.54, 1.807) is 6.07 Å². The van der Waals surface area contributed by atoms with E-state index >= 15 is 0 Å². The average molecular weight is 518 g/mol. The zero-order valence-electron chi connectivity index (χ0n) is 18.2. The predicted molar refractivity (Wildman–Crippen MR) is 126 cm³/mol. The Hall–Kier alpha value is -4.36. The molecular formula is C25H16ClF4N3O3. The number of halogens is 5. The van der Waals surface area contributed by atoms with Crippen LogP contribution in [0.3, 0.4) is 0 Å². The number of anilines is 2. The first-order valence-electron chi connectivity index (χ1n) is 10.1. The van der Waals surface area contributed by atoms with Gasteiger partial charge in [-0.15, -0.1) is 0 Å². The molecule has 0 aromatic heterocycles. The molecule has 2 amide bonds. The molecule has 0 heterocycles. The van der Waals surface area contributed by atoms with Gasteiger partial charge >= 0.3 is 6.18 Å². The first kappa shape index (κ1) is 26.2. The zero-order chi connectivity index (χ0) is 26.3. The van der Waals surface area contributed by atoms with E-state index in [2.05, 4.69) is 10.6 Å². The summed E-state index contributed by atoms with van der Waals surface area (Å²) in [5.41, 5.74) is -1.49. The fourth-order valence-corrected chi connectivity index (χ4v) is 3.11. The number of ether oxygens (including phenoxy) is 1. The Kier molecular flexibility index (Phi) is 8.30. The molecule has 3 aromatic carbocycles. The summed E-state index contributed by atoms with van der Waals surface area (Å²) < 4.78 is 57.9. The van der Waals surface area contributed by atoms with Crippen LogP contribution in [0.1, 0.15) is 11.1 Å². The molecule has 0 bridgehead atoms. The van der Waals surface area contributed by atoms with Crippen molar-refractivity contribution in [3.05, 3.63) is 94.3 Å². The Morgan fingerprint density at radius 3 is 2.47 bits per heavy atom. The average Bonchev–Trinajstić information content (AvgIpc) is 2.83. The van der Waals surface area contributed by atoms with Gasteiger partial charge in [0, 0.05) is 16.3 Å². The van der Waals surface area contributed by atoms with E-state index in [0.29, 0.717) is 0 Å². The van der Waals surface area contributed by atoms with Gasteiger partial charge in [-0.1, -0.05) is 29.8 Å². The van der Waals surface area contributed by atoms with Gasteiger partial charge in [-0.3, -0.25) is 9.59 Å². The van der Waals surface area contributed by atoms with Gasteiger partial charge in [0.25, 0.3) is 11.8 Å². The lowest BCUT2D eigenvalue weighted by Crippen LogP contribution is -2.21. The second-order valence-corrected chi connectivity index (χ2v) is 7.64. The topological polar surface area (TPSA) is 91.2 Å². The summed E-state index contributed by atoms with van der Waals surface area (Å²) in [6.07, 6.45) is -3.50. The van der Waals surface area contributed by atoms with Crippen LogP contribution in [0.4, 0.5) is 28.9 Å². The number of nitriles is 1. The smallest absolute Gasteiger partial charge is 0.416 e. The SMILES string of the molecule is N#C/C(=C\c1cc(Cl)ccc1OCC(=O)Nc1ccccc1F)C(=O)Nc1cccc(C(F)(F)F)c1. The van der Waals surface area contributed by atoms with Crippen molar-refractivity contribution >= 4 is 40.9 Å². The maximum absolute atomic E-state index is 13.7. The number of benzene rings is 3.